The van der Waals surface area contributed by atoms with Crippen molar-refractivity contribution in [2.24, 2.45) is 0 Å². The Labute approximate surface area is 177 Å². The highest BCUT2D eigenvalue weighted by atomic mass is 35.5. The maximum atomic E-state index is 12.7. The summed E-state index contributed by atoms with van der Waals surface area (Å²) in [6, 6.07) is 24.2. The van der Waals surface area contributed by atoms with Crippen LogP contribution in [-0.2, 0) is 11.3 Å². The zero-order valence-corrected chi connectivity index (χ0v) is 16.9. The number of hydrogen-bond donors (Lipinski definition) is 1. The molecule has 0 radical (unpaired) electrons. The molecule has 0 aliphatic heterocycles. The third kappa shape index (κ3) is 4.53. The lowest BCUT2D eigenvalue weighted by molar-refractivity contribution is -0.116. The number of hydrogen-bond acceptors (Lipinski definition) is 3. The first-order valence-electron chi connectivity index (χ1n) is 9.01. The van der Waals surface area contributed by atoms with E-state index in [-0.39, 0.29) is 17.9 Å². The van der Waals surface area contributed by atoms with Crippen LogP contribution in [0.3, 0.4) is 0 Å². The number of aromatic nitrogens is 1. The van der Waals surface area contributed by atoms with E-state index in [2.05, 4.69) is 5.32 Å². The molecule has 4 aromatic rings. The molecule has 1 heterocycles. The van der Waals surface area contributed by atoms with E-state index in [9.17, 15) is 9.59 Å². The molecule has 6 heteroatoms. The van der Waals surface area contributed by atoms with E-state index in [4.69, 9.17) is 11.6 Å². The monoisotopic (exact) mass is 420 g/mol. The standard InChI is InChI=1S/C23H17ClN2O2S/c24-16-10-11-20-18(14-16)21(27)12-13-26(20)15-23(28)25-19-8-4-5-9-22(19)29-17-6-2-1-3-7-17/h1-14H,15H2,(H,25,28). The van der Waals surface area contributed by atoms with Crippen LogP contribution < -0.4 is 10.7 Å². The maximum absolute atomic E-state index is 12.7. The molecule has 0 spiro atoms. The highest BCUT2D eigenvalue weighted by molar-refractivity contribution is 7.99. The van der Waals surface area contributed by atoms with Crippen molar-refractivity contribution in [1.82, 2.24) is 4.57 Å². The van der Waals surface area contributed by atoms with Gasteiger partial charge in [-0.05, 0) is 42.5 Å². The number of anilines is 1. The lowest BCUT2D eigenvalue weighted by atomic mass is 10.2. The minimum atomic E-state index is -0.175. The molecule has 1 amide bonds. The average Bonchev–Trinajstić information content (AvgIpc) is 2.72. The Morgan fingerprint density at radius 2 is 1.72 bits per heavy atom. The number of carbonyl (C=O) groups is 1. The number of benzene rings is 3. The van der Waals surface area contributed by atoms with Gasteiger partial charge in [-0.3, -0.25) is 9.59 Å². The van der Waals surface area contributed by atoms with Gasteiger partial charge >= 0.3 is 0 Å². The van der Waals surface area contributed by atoms with Crippen LogP contribution in [0.1, 0.15) is 0 Å². The second-order valence-electron chi connectivity index (χ2n) is 6.43. The van der Waals surface area contributed by atoms with Crippen LogP contribution in [0.2, 0.25) is 5.02 Å². The predicted molar refractivity (Wildman–Crippen MR) is 119 cm³/mol. The molecule has 29 heavy (non-hydrogen) atoms. The molecule has 1 aromatic heterocycles. The van der Waals surface area contributed by atoms with E-state index in [1.807, 2.05) is 54.6 Å². The second-order valence-corrected chi connectivity index (χ2v) is 7.98. The van der Waals surface area contributed by atoms with E-state index in [1.165, 1.54) is 6.07 Å². The van der Waals surface area contributed by atoms with Crippen molar-refractivity contribution in [2.75, 3.05) is 5.32 Å². The number of rotatable bonds is 5. The predicted octanol–water partition coefficient (Wildman–Crippen LogP) is 5.44. The number of pyridine rings is 1. The van der Waals surface area contributed by atoms with Crippen LogP contribution in [0.25, 0.3) is 10.9 Å². The third-order valence-corrected chi connectivity index (χ3v) is 5.70. The quantitative estimate of drug-likeness (QED) is 0.467. The Bertz CT molecular complexity index is 1240. The van der Waals surface area contributed by atoms with Gasteiger partial charge < -0.3 is 9.88 Å². The summed E-state index contributed by atoms with van der Waals surface area (Å²) in [7, 11) is 0. The Balaban J connectivity index is 1.56. The van der Waals surface area contributed by atoms with E-state index >= 15 is 0 Å². The van der Waals surface area contributed by atoms with Gasteiger partial charge in [0.25, 0.3) is 0 Å². The Morgan fingerprint density at radius 3 is 2.55 bits per heavy atom. The minimum absolute atomic E-state index is 0.0861. The molecular formula is C23H17ClN2O2S. The Kier molecular flexibility index (Phi) is 5.69. The fourth-order valence-electron chi connectivity index (χ4n) is 3.04. The number of para-hydroxylation sites is 1. The number of nitrogens with one attached hydrogen (secondary N) is 1. The van der Waals surface area contributed by atoms with Crippen LogP contribution in [-0.4, -0.2) is 10.5 Å². The molecule has 0 saturated heterocycles. The zero-order valence-electron chi connectivity index (χ0n) is 15.3. The van der Waals surface area contributed by atoms with Gasteiger partial charge in [-0.1, -0.05) is 53.7 Å². The molecular weight excluding hydrogens is 404 g/mol. The van der Waals surface area contributed by atoms with E-state index in [1.54, 1.807) is 40.7 Å². The highest BCUT2D eigenvalue weighted by Crippen LogP contribution is 2.33. The van der Waals surface area contributed by atoms with Gasteiger partial charge in [0.05, 0.1) is 11.2 Å². The third-order valence-electron chi connectivity index (χ3n) is 4.39. The number of fused-ring (bicyclic) bond motifs is 1. The molecule has 0 atom stereocenters. The molecule has 4 rings (SSSR count). The summed E-state index contributed by atoms with van der Waals surface area (Å²) in [5, 5.41) is 3.97. The van der Waals surface area contributed by atoms with Crippen molar-refractivity contribution in [3.05, 3.63) is 100 Å². The van der Waals surface area contributed by atoms with E-state index in [0.29, 0.717) is 15.9 Å². The maximum Gasteiger partial charge on any atom is 0.244 e. The summed E-state index contributed by atoms with van der Waals surface area (Å²) in [5.74, 6) is -0.175. The largest absolute Gasteiger partial charge is 0.338 e. The van der Waals surface area contributed by atoms with Gasteiger partial charge in [0, 0.05) is 32.5 Å². The summed E-state index contributed by atoms with van der Waals surface area (Å²) in [6.07, 6.45) is 1.63. The van der Waals surface area contributed by atoms with Crippen molar-refractivity contribution >= 4 is 45.9 Å². The van der Waals surface area contributed by atoms with Crippen molar-refractivity contribution in [2.45, 2.75) is 16.3 Å². The van der Waals surface area contributed by atoms with Crippen LogP contribution in [0.15, 0.2) is 99.6 Å². The van der Waals surface area contributed by atoms with Crippen LogP contribution in [0.5, 0.6) is 0 Å². The molecule has 0 saturated carbocycles. The molecule has 0 fully saturated rings. The van der Waals surface area contributed by atoms with Crippen LogP contribution in [0, 0.1) is 0 Å². The number of carbonyl (C=O) groups excluding carboxylic acids is 1. The average molecular weight is 421 g/mol. The van der Waals surface area contributed by atoms with Gasteiger partial charge in [-0.25, -0.2) is 0 Å². The number of halogens is 1. The van der Waals surface area contributed by atoms with Crippen molar-refractivity contribution in [3.63, 3.8) is 0 Å². The highest BCUT2D eigenvalue weighted by Gasteiger charge is 2.11. The molecule has 0 unspecified atom stereocenters. The van der Waals surface area contributed by atoms with Crippen molar-refractivity contribution < 1.29 is 4.79 Å². The summed E-state index contributed by atoms with van der Waals surface area (Å²) in [4.78, 5) is 26.9. The SMILES string of the molecule is O=C(Cn1ccc(=O)c2cc(Cl)ccc21)Nc1ccccc1Sc1ccccc1. The van der Waals surface area contributed by atoms with Gasteiger partial charge in [-0.15, -0.1) is 0 Å². The van der Waals surface area contributed by atoms with Gasteiger partial charge in [-0.2, -0.15) is 0 Å². The minimum Gasteiger partial charge on any atom is -0.338 e. The second kappa shape index (κ2) is 8.55. The lowest BCUT2D eigenvalue weighted by Crippen LogP contribution is -2.20. The van der Waals surface area contributed by atoms with Gasteiger partial charge in [0.15, 0.2) is 5.43 Å². The Hall–Kier alpha value is -3.02. The van der Waals surface area contributed by atoms with Crippen molar-refractivity contribution in [3.8, 4) is 0 Å². The smallest absolute Gasteiger partial charge is 0.244 e. The fraction of sp³-hybridized carbons (Fsp3) is 0.0435. The molecule has 3 aromatic carbocycles. The normalized spacial score (nSPS) is 10.8. The summed E-state index contributed by atoms with van der Waals surface area (Å²) in [6.45, 7) is 0.0861. The van der Waals surface area contributed by atoms with Gasteiger partial charge in [0.2, 0.25) is 5.91 Å². The Morgan fingerprint density at radius 1 is 0.966 bits per heavy atom. The van der Waals surface area contributed by atoms with Crippen molar-refractivity contribution in [1.29, 1.82) is 0 Å². The van der Waals surface area contributed by atoms with E-state index in [0.717, 1.165) is 15.5 Å². The molecule has 144 valence electrons. The zero-order chi connectivity index (χ0) is 20.2. The first-order valence-corrected chi connectivity index (χ1v) is 10.2. The number of amides is 1. The molecule has 0 aliphatic rings. The molecule has 0 bridgehead atoms. The first kappa shape index (κ1) is 19.3. The van der Waals surface area contributed by atoms with Crippen LogP contribution >= 0.6 is 23.4 Å². The molecule has 1 N–H and O–H groups in total. The first-order chi connectivity index (χ1) is 14.1. The molecule has 4 nitrogen and oxygen atoms in total. The summed E-state index contributed by atoms with van der Waals surface area (Å²) < 4.78 is 1.75. The lowest BCUT2D eigenvalue weighted by Gasteiger charge is -2.13. The number of nitrogens with zero attached hydrogens (tertiary/aromatic N) is 1. The summed E-state index contributed by atoms with van der Waals surface area (Å²) >= 11 is 7.60. The topological polar surface area (TPSA) is 51.1 Å². The summed E-state index contributed by atoms with van der Waals surface area (Å²) in [5.41, 5.74) is 1.30. The molecule has 0 aliphatic carbocycles. The van der Waals surface area contributed by atoms with Crippen LogP contribution in [0.4, 0.5) is 5.69 Å². The van der Waals surface area contributed by atoms with E-state index < -0.39 is 0 Å². The van der Waals surface area contributed by atoms with Gasteiger partial charge in [0.1, 0.15) is 6.54 Å². The fourth-order valence-corrected chi connectivity index (χ4v) is 4.14.